The first-order valence-electron chi connectivity index (χ1n) is 7.20. The van der Waals surface area contributed by atoms with Gasteiger partial charge in [-0.2, -0.15) is 0 Å². The van der Waals surface area contributed by atoms with Gasteiger partial charge in [-0.1, -0.05) is 29.3 Å². The highest BCUT2D eigenvalue weighted by Gasteiger charge is 2.29. The van der Waals surface area contributed by atoms with Crippen LogP contribution in [0.2, 0.25) is 10.0 Å². The van der Waals surface area contributed by atoms with E-state index in [4.69, 9.17) is 23.2 Å². The second-order valence-electron chi connectivity index (χ2n) is 5.43. The average molecular weight is 349 g/mol. The molecule has 1 aliphatic carbocycles. The summed E-state index contributed by atoms with van der Waals surface area (Å²) in [5.74, 6) is -0.142. The Kier molecular flexibility index (Phi) is 4.55. The fraction of sp³-hybridized carbons (Fsp3) is 0.176. The van der Waals surface area contributed by atoms with Crippen LogP contribution in [0.5, 0.6) is 0 Å². The molecule has 0 saturated heterocycles. The van der Waals surface area contributed by atoms with Gasteiger partial charge >= 0.3 is 0 Å². The number of anilines is 2. The predicted octanol–water partition coefficient (Wildman–Crippen LogP) is 4.59. The van der Waals surface area contributed by atoms with Crippen molar-refractivity contribution in [1.29, 1.82) is 0 Å². The fourth-order valence-corrected chi connectivity index (χ4v) is 2.40. The normalized spacial score (nSPS) is 13.5. The summed E-state index contributed by atoms with van der Waals surface area (Å²) in [6.07, 6.45) is 1.89. The zero-order chi connectivity index (χ0) is 16.4. The minimum atomic E-state index is -0.297. The molecule has 6 heteroatoms. The molecule has 2 N–H and O–H groups in total. The highest BCUT2D eigenvalue weighted by atomic mass is 35.5. The van der Waals surface area contributed by atoms with Crippen molar-refractivity contribution in [2.24, 2.45) is 5.92 Å². The third kappa shape index (κ3) is 4.03. The second kappa shape index (κ2) is 6.60. The molecule has 2 amide bonds. The molecule has 0 bridgehead atoms. The van der Waals surface area contributed by atoms with Crippen molar-refractivity contribution in [3.8, 4) is 0 Å². The lowest BCUT2D eigenvalue weighted by atomic mass is 10.2. The number of hydrogen-bond acceptors (Lipinski definition) is 2. The maximum absolute atomic E-state index is 12.2. The van der Waals surface area contributed by atoms with Gasteiger partial charge in [0.2, 0.25) is 5.91 Å². The Bertz CT molecular complexity index is 773. The minimum absolute atomic E-state index is 0.0259. The zero-order valence-corrected chi connectivity index (χ0v) is 13.6. The van der Waals surface area contributed by atoms with Gasteiger partial charge in [-0.3, -0.25) is 9.59 Å². The molecule has 0 spiro atoms. The van der Waals surface area contributed by atoms with Crippen LogP contribution in [0.25, 0.3) is 0 Å². The third-order valence-electron chi connectivity index (χ3n) is 3.52. The molecule has 0 atom stereocenters. The quantitative estimate of drug-likeness (QED) is 0.848. The number of benzene rings is 2. The van der Waals surface area contributed by atoms with Gasteiger partial charge in [0.1, 0.15) is 0 Å². The highest BCUT2D eigenvalue weighted by molar-refractivity contribution is 6.42. The van der Waals surface area contributed by atoms with Crippen LogP contribution in [-0.2, 0) is 4.79 Å². The van der Waals surface area contributed by atoms with Crippen LogP contribution in [0.3, 0.4) is 0 Å². The van der Waals surface area contributed by atoms with E-state index in [-0.39, 0.29) is 17.7 Å². The Morgan fingerprint density at radius 3 is 2.26 bits per heavy atom. The molecule has 1 aliphatic rings. The number of nitrogens with one attached hydrogen (secondary N) is 2. The highest BCUT2D eigenvalue weighted by Crippen LogP contribution is 2.30. The summed E-state index contributed by atoms with van der Waals surface area (Å²) in [5.41, 5.74) is 1.66. The second-order valence-corrected chi connectivity index (χ2v) is 6.24. The van der Waals surface area contributed by atoms with E-state index in [0.29, 0.717) is 27.0 Å². The monoisotopic (exact) mass is 348 g/mol. The predicted molar refractivity (Wildman–Crippen MR) is 92.2 cm³/mol. The summed E-state index contributed by atoms with van der Waals surface area (Å²) in [6.45, 7) is 0. The molecule has 0 aromatic heterocycles. The third-order valence-corrected chi connectivity index (χ3v) is 4.26. The molecular weight excluding hydrogens is 335 g/mol. The van der Waals surface area contributed by atoms with Gasteiger partial charge < -0.3 is 10.6 Å². The van der Waals surface area contributed by atoms with E-state index in [9.17, 15) is 9.59 Å². The van der Waals surface area contributed by atoms with Gasteiger partial charge in [0.25, 0.3) is 5.91 Å². The van der Waals surface area contributed by atoms with Crippen molar-refractivity contribution < 1.29 is 9.59 Å². The van der Waals surface area contributed by atoms with Gasteiger partial charge in [-0.05, 0) is 49.2 Å². The van der Waals surface area contributed by atoms with Crippen molar-refractivity contribution in [3.05, 3.63) is 58.1 Å². The van der Waals surface area contributed by atoms with Crippen molar-refractivity contribution in [2.75, 3.05) is 10.6 Å². The number of hydrogen-bond donors (Lipinski definition) is 2. The number of rotatable bonds is 4. The molecule has 2 aromatic carbocycles. The number of amides is 2. The summed E-state index contributed by atoms with van der Waals surface area (Å²) in [6, 6.07) is 11.7. The summed E-state index contributed by atoms with van der Waals surface area (Å²) in [7, 11) is 0. The van der Waals surface area contributed by atoms with E-state index in [1.165, 1.54) is 6.07 Å². The molecule has 1 fully saturated rings. The molecule has 2 aromatic rings. The van der Waals surface area contributed by atoms with Crippen LogP contribution in [0.4, 0.5) is 11.4 Å². The Labute approximate surface area is 143 Å². The molecule has 0 heterocycles. The van der Waals surface area contributed by atoms with Crippen LogP contribution >= 0.6 is 23.2 Å². The van der Waals surface area contributed by atoms with E-state index >= 15 is 0 Å². The van der Waals surface area contributed by atoms with Crippen LogP contribution in [0.1, 0.15) is 23.2 Å². The molecule has 3 rings (SSSR count). The fourth-order valence-electron chi connectivity index (χ4n) is 2.11. The number of halogens is 2. The molecule has 0 aliphatic heterocycles. The standard InChI is InChI=1S/C17H14Cl2N2O2/c18-14-7-6-11(8-15(14)19)17(23)21-13-3-1-2-12(9-13)20-16(22)10-4-5-10/h1-3,6-10H,4-5H2,(H,20,22)(H,21,23). The first kappa shape index (κ1) is 15.8. The van der Waals surface area contributed by atoms with Crippen molar-refractivity contribution in [3.63, 3.8) is 0 Å². The molecular formula is C17H14Cl2N2O2. The van der Waals surface area contributed by atoms with E-state index < -0.39 is 0 Å². The minimum Gasteiger partial charge on any atom is -0.326 e. The van der Waals surface area contributed by atoms with Crippen molar-refractivity contribution in [1.82, 2.24) is 0 Å². The van der Waals surface area contributed by atoms with Crippen molar-refractivity contribution in [2.45, 2.75) is 12.8 Å². The van der Waals surface area contributed by atoms with Crippen LogP contribution in [0.15, 0.2) is 42.5 Å². The first-order chi connectivity index (χ1) is 11.0. The van der Waals surface area contributed by atoms with Gasteiger partial charge in [0.15, 0.2) is 0 Å². The molecule has 4 nitrogen and oxygen atoms in total. The maximum atomic E-state index is 12.2. The SMILES string of the molecule is O=C(Nc1cccc(NC(=O)C2CC2)c1)c1ccc(Cl)c(Cl)c1. The Hall–Kier alpha value is -2.04. The zero-order valence-electron chi connectivity index (χ0n) is 12.1. The van der Waals surface area contributed by atoms with E-state index in [2.05, 4.69) is 10.6 Å². The Morgan fingerprint density at radius 1 is 0.913 bits per heavy atom. The van der Waals surface area contributed by atoms with Gasteiger partial charge in [0.05, 0.1) is 10.0 Å². The first-order valence-corrected chi connectivity index (χ1v) is 7.96. The van der Waals surface area contributed by atoms with E-state index in [1.807, 2.05) is 0 Å². The largest absolute Gasteiger partial charge is 0.326 e. The Balaban J connectivity index is 1.70. The Morgan fingerprint density at radius 2 is 1.61 bits per heavy atom. The van der Waals surface area contributed by atoms with Gasteiger partial charge in [-0.25, -0.2) is 0 Å². The summed E-state index contributed by atoms with van der Waals surface area (Å²) >= 11 is 11.8. The lowest BCUT2D eigenvalue weighted by molar-refractivity contribution is -0.117. The summed E-state index contributed by atoms with van der Waals surface area (Å²) < 4.78 is 0. The molecule has 0 radical (unpaired) electrons. The molecule has 1 saturated carbocycles. The van der Waals surface area contributed by atoms with Crippen LogP contribution in [-0.4, -0.2) is 11.8 Å². The average Bonchev–Trinajstić information content (AvgIpc) is 3.35. The maximum Gasteiger partial charge on any atom is 0.255 e. The molecule has 0 unspecified atom stereocenters. The summed E-state index contributed by atoms with van der Waals surface area (Å²) in [4.78, 5) is 24.0. The lowest BCUT2D eigenvalue weighted by Gasteiger charge is -2.09. The van der Waals surface area contributed by atoms with Crippen molar-refractivity contribution >= 4 is 46.4 Å². The number of carbonyl (C=O) groups excluding carboxylic acids is 2. The summed E-state index contributed by atoms with van der Waals surface area (Å²) in [5, 5.41) is 6.34. The van der Waals surface area contributed by atoms with E-state index in [1.54, 1.807) is 36.4 Å². The lowest BCUT2D eigenvalue weighted by Crippen LogP contribution is -2.14. The molecule has 118 valence electrons. The van der Waals surface area contributed by atoms with Gasteiger partial charge in [-0.15, -0.1) is 0 Å². The smallest absolute Gasteiger partial charge is 0.255 e. The topological polar surface area (TPSA) is 58.2 Å². The number of carbonyl (C=O) groups is 2. The van der Waals surface area contributed by atoms with Crippen LogP contribution in [0, 0.1) is 5.92 Å². The van der Waals surface area contributed by atoms with E-state index in [0.717, 1.165) is 12.8 Å². The molecule has 23 heavy (non-hydrogen) atoms. The van der Waals surface area contributed by atoms with Gasteiger partial charge in [0, 0.05) is 22.9 Å². The van der Waals surface area contributed by atoms with Crippen LogP contribution < -0.4 is 10.6 Å².